The minimum Gasteiger partial charge on any atom is -0.466 e. The molecule has 0 bridgehead atoms. The first-order valence-corrected chi connectivity index (χ1v) is 11.4. The number of allylic oxidation sites excluding steroid dienone is 1. The zero-order valence-electron chi connectivity index (χ0n) is 21.2. The summed E-state index contributed by atoms with van der Waals surface area (Å²) in [5.74, 6) is 0.210. The Kier molecular flexibility index (Phi) is 8.54. The van der Waals surface area contributed by atoms with Crippen LogP contribution in [-0.4, -0.2) is 38.5 Å². The highest BCUT2D eigenvalue weighted by Gasteiger charge is 2.52. The first-order valence-electron chi connectivity index (χ1n) is 11.4. The van der Waals surface area contributed by atoms with Crippen molar-refractivity contribution in [2.24, 2.45) is 5.92 Å². The van der Waals surface area contributed by atoms with Gasteiger partial charge in [0.25, 0.3) is 0 Å². The standard InChI is InChI=1S/C26H39BO5/c1-10-19(2)12-11-17-26(7,30-9)21-15-13-20(14-16-23(28)29-8)22(18-21)27-31-24(3,4)25(5,6)32-27/h11,13-19H,10,12H2,1-9H3/b16-14+,17-11+. The van der Waals surface area contributed by atoms with E-state index in [1.54, 1.807) is 13.2 Å². The molecule has 0 spiro atoms. The molecule has 1 aromatic rings. The number of hydrogen-bond acceptors (Lipinski definition) is 5. The lowest BCUT2D eigenvalue weighted by Crippen LogP contribution is -2.41. The second-order valence-electron chi connectivity index (χ2n) is 9.75. The quantitative estimate of drug-likeness (QED) is 0.233. The monoisotopic (exact) mass is 442 g/mol. The highest BCUT2D eigenvalue weighted by atomic mass is 16.7. The summed E-state index contributed by atoms with van der Waals surface area (Å²) < 4.78 is 23.3. The maximum atomic E-state index is 11.7. The summed E-state index contributed by atoms with van der Waals surface area (Å²) in [5, 5.41) is 0. The third-order valence-corrected chi connectivity index (χ3v) is 6.86. The molecule has 1 saturated heterocycles. The second kappa shape index (κ2) is 10.4. The Morgan fingerprint density at radius 1 is 1.19 bits per heavy atom. The van der Waals surface area contributed by atoms with Crippen molar-refractivity contribution in [3.8, 4) is 0 Å². The van der Waals surface area contributed by atoms with Crippen molar-refractivity contribution in [2.75, 3.05) is 14.2 Å². The molecule has 2 rings (SSSR count). The molecule has 1 fully saturated rings. The van der Waals surface area contributed by atoms with E-state index in [2.05, 4.69) is 32.1 Å². The summed E-state index contributed by atoms with van der Waals surface area (Å²) in [6.45, 7) is 14.6. The van der Waals surface area contributed by atoms with Crippen LogP contribution in [0.3, 0.4) is 0 Å². The number of benzene rings is 1. The SMILES string of the molecule is CCC(C)C/C=C/C(C)(OC)c1ccc(/C=C/C(=O)OC)c(B2OC(C)(C)C(C)(C)O2)c1. The maximum absolute atomic E-state index is 11.7. The average Bonchev–Trinajstić information content (AvgIpc) is 2.98. The molecule has 2 unspecified atom stereocenters. The van der Waals surface area contributed by atoms with E-state index in [9.17, 15) is 4.79 Å². The van der Waals surface area contributed by atoms with Gasteiger partial charge in [0.2, 0.25) is 0 Å². The predicted octanol–water partition coefficient (Wildman–Crippen LogP) is 5.03. The van der Waals surface area contributed by atoms with Crippen molar-refractivity contribution in [2.45, 2.75) is 78.1 Å². The van der Waals surface area contributed by atoms with E-state index >= 15 is 0 Å². The molecule has 1 aliphatic heterocycles. The second-order valence-corrected chi connectivity index (χ2v) is 9.75. The summed E-state index contributed by atoms with van der Waals surface area (Å²) >= 11 is 0. The van der Waals surface area contributed by atoms with Crippen LogP contribution in [0.15, 0.2) is 36.4 Å². The molecular weight excluding hydrogens is 403 g/mol. The number of ether oxygens (including phenoxy) is 2. The lowest BCUT2D eigenvalue weighted by molar-refractivity contribution is -0.134. The number of carbonyl (C=O) groups is 1. The van der Waals surface area contributed by atoms with Crippen LogP contribution in [0.5, 0.6) is 0 Å². The smallest absolute Gasteiger partial charge is 0.466 e. The molecule has 1 aliphatic rings. The fourth-order valence-corrected chi connectivity index (χ4v) is 3.41. The average molecular weight is 442 g/mol. The van der Waals surface area contributed by atoms with Crippen molar-refractivity contribution in [1.82, 2.24) is 0 Å². The Balaban J connectivity index is 2.50. The van der Waals surface area contributed by atoms with E-state index in [-0.39, 0.29) is 0 Å². The van der Waals surface area contributed by atoms with Crippen LogP contribution in [0.4, 0.5) is 0 Å². The maximum Gasteiger partial charge on any atom is 0.495 e. The molecular formula is C26H39BO5. The summed E-state index contributed by atoms with van der Waals surface area (Å²) in [5.41, 5.74) is 1.12. The summed E-state index contributed by atoms with van der Waals surface area (Å²) in [6, 6.07) is 6.04. The first kappa shape index (κ1) is 26.4. The van der Waals surface area contributed by atoms with E-state index in [1.807, 2.05) is 46.8 Å². The van der Waals surface area contributed by atoms with Gasteiger partial charge in [-0.15, -0.1) is 0 Å². The number of methoxy groups -OCH3 is 2. The molecule has 0 saturated carbocycles. The molecule has 0 aromatic heterocycles. The van der Waals surface area contributed by atoms with E-state index in [0.29, 0.717) is 5.92 Å². The highest BCUT2D eigenvalue weighted by molar-refractivity contribution is 6.63. The van der Waals surface area contributed by atoms with Gasteiger partial charge in [-0.3, -0.25) is 0 Å². The Labute approximate surface area is 194 Å². The third kappa shape index (κ3) is 5.92. The van der Waals surface area contributed by atoms with Gasteiger partial charge in [-0.25, -0.2) is 4.79 Å². The van der Waals surface area contributed by atoms with Gasteiger partial charge in [-0.1, -0.05) is 50.6 Å². The topological polar surface area (TPSA) is 54.0 Å². The van der Waals surface area contributed by atoms with Gasteiger partial charge >= 0.3 is 13.1 Å². The van der Waals surface area contributed by atoms with Gasteiger partial charge in [0.05, 0.1) is 18.3 Å². The van der Waals surface area contributed by atoms with Crippen LogP contribution in [0, 0.1) is 5.92 Å². The lowest BCUT2D eigenvalue weighted by atomic mass is 9.73. The van der Waals surface area contributed by atoms with Crippen LogP contribution in [0.25, 0.3) is 6.08 Å². The Bertz CT molecular complexity index is 842. The van der Waals surface area contributed by atoms with Gasteiger partial charge in [0.1, 0.15) is 5.60 Å². The van der Waals surface area contributed by atoms with Gasteiger partial charge in [-0.05, 0) is 69.6 Å². The van der Waals surface area contributed by atoms with Gasteiger partial charge < -0.3 is 18.8 Å². The van der Waals surface area contributed by atoms with Crippen LogP contribution >= 0.6 is 0 Å². The Morgan fingerprint density at radius 3 is 2.34 bits per heavy atom. The van der Waals surface area contributed by atoms with Gasteiger partial charge in [-0.2, -0.15) is 0 Å². The number of rotatable bonds is 9. The lowest BCUT2D eigenvalue weighted by Gasteiger charge is -2.32. The molecule has 2 atom stereocenters. The van der Waals surface area contributed by atoms with E-state index in [0.717, 1.165) is 29.4 Å². The molecule has 0 radical (unpaired) electrons. The number of hydrogen-bond donors (Lipinski definition) is 0. The van der Waals surface area contributed by atoms with Gasteiger partial charge in [0.15, 0.2) is 0 Å². The van der Waals surface area contributed by atoms with E-state index in [4.69, 9.17) is 18.8 Å². The zero-order chi connectivity index (χ0) is 24.2. The van der Waals surface area contributed by atoms with Crippen molar-refractivity contribution in [3.63, 3.8) is 0 Å². The fraction of sp³-hybridized carbons (Fsp3) is 0.577. The van der Waals surface area contributed by atoms with E-state index < -0.39 is 29.9 Å². The van der Waals surface area contributed by atoms with Crippen LogP contribution < -0.4 is 5.46 Å². The number of esters is 1. The normalized spacial score (nSPS) is 20.6. The van der Waals surface area contributed by atoms with Crippen molar-refractivity contribution in [3.05, 3.63) is 47.6 Å². The van der Waals surface area contributed by atoms with Crippen molar-refractivity contribution in [1.29, 1.82) is 0 Å². The molecule has 0 amide bonds. The van der Waals surface area contributed by atoms with Crippen molar-refractivity contribution < 1.29 is 23.6 Å². The molecule has 0 aliphatic carbocycles. The predicted molar refractivity (Wildman–Crippen MR) is 131 cm³/mol. The highest BCUT2D eigenvalue weighted by Crippen LogP contribution is 2.37. The van der Waals surface area contributed by atoms with Crippen molar-refractivity contribution >= 4 is 24.6 Å². The Hall–Kier alpha value is -1.89. The van der Waals surface area contributed by atoms with Gasteiger partial charge in [0, 0.05) is 13.2 Å². The third-order valence-electron chi connectivity index (χ3n) is 6.86. The molecule has 1 aromatic carbocycles. The largest absolute Gasteiger partial charge is 0.495 e. The molecule has 176 valence electrons. The molecule has 6 heteroatoms. The minimum absolute atomic E-state index is 0.413. The summed E-state index contributed by atoms with van der Waals surface area (Å²) in [4.78, 5) is 11.7. The van der Waals surface area contributed by atoms with Crippen LogP contribution in [0.2, 0.25) is 0 Å². The molecule has 32 heavy (non-hydrogen) atoms. The molecule has 0 N–H and O–H groups in total. The summed E-state index contributed by atoms with van der Waals surface area (Å²) in [6.07, 6.45) is 9.59. The molecule has 5 nitrogen and oxygen atoms in total. The van der Waals surface area contributed by atoms with Crippen LogP contribution in [-0.2, 0) is 29.2 Å². The zero-order valence-corrected chi connectivity index (χ0v) is 21.2. The van der Waals surface area contributed by atoms with E-state index in [1.165, 1.54) is 13.2 Å². The van der Waals surface area contributed by atoms with Crippen LogP contribution in [0.1, 0.15) is 72.4 Å². The first-order chi connectivity index (χ1) is 14.9. The Morgan fingerprint density at radius 2 is 1.81 bits per heavy atom. The number of carbonyl (C=O) groups excluding carboxylic acids is 1. The summed E-state index contributed by atoms with van der Waals surface area (Å²) in [7, 11) is 2.51. The fourth-order valence-electron chi connectivity index (χ4n) is 3.41. The molecule has 1 heterocycles. The minimum atomic E-state index is -0.601.